The van der Waals surface area contributed by atoms with Gasteiger partial charge in [-0.3, -0.25) is 0 Å². The summed E-state index contributed by atoms with van der Waals surface area (Å²) in [5, 5.41) is 0. The Kier molecular flexibility index (Phi) is 4.71. The van der Waals surface area contributed by atoms with E-state index in [2.05, 4.69) is 26.6 Å². The van der Waals surface area contributed by atoms with Gasteiger partial charge in [-0.2, -0.15) is 0 Å². The molecular weight excluding hydrogens is 203 g/mol. The second-order valence-electron chi connectivity index (χ2n) is 3.32. The molecule has 1 rings (SSSR count). The van der Waals surface area contributed by atoms with Gasteiger partial charge in [-0.05, 0) is 0 Å². The molecule has 0 aromatic rings. The van der Waals surface area contributed by atoms with Crippen molar-refractivity contribution < 1.29 is 21.8 Å². The van der Waals surface area contributed by atoms with Gasteiger partial charge in [0.15, 0.2) is 0 Å². The van der Waals surface area contributed by atoms with Crippen LogP contribution in [-0.2, 0) is 21.8 Å². The number of hydrogen-bond donors (Lipinski definition) is 0. The maximum absolute atomic E-state index is 11.0. The summed E-state index contributed by atoms with van der Waals surface area (Å²) >= 11 is 2.49. The molecule has 1 aliphatic rings. The molecule has 1 fully saturated rings. The molecule has 0 atom stereocenters. The molecule has 0 unspecified atom stereocenters. The Hall–Kier alpha value is -0.116. The van der Waals surface area contributed by atoms with Gasteiger partial charge in [0.05, 0.1) is 0 Å². The van der Waals surface area contributed by atoms with E-state index in [1.165, 1.54) is 0 Å². The van der Waals surface area contributed by atoms with E-state index in [-0.39, 0.29) is 5.91 Å². The first-order valence-electron chi connectivity index (χ1n) is 4.68. The van der Waals surface area contributed by atoms with Crippen LogP contribution in [-0.4, -0.2) is 53.2 Å². The molecule has 1 amide bonds. The number of rotatable bonds is 3. The SMILES string of the molecule is CC(=O)N1CCN(CC[CH]=[V])CC1. The molecule has 1 heterocycles. The third-order valence-corrected chi connectivity index (χ3v) is 2.80. The molecule has 0 aromatic heterocycles. The summed E-state index contributed by atoms with van der Waals surface area (Å²) in [6.07, 6.45) is 1.13. The van der Waals surface area contributed by atoms with Crippen molar-refractivity contribution in [2.24, 2.45) is 0 Å². The minimum absolute atomic E-state index is 0.207. The third kappa shape index (κ3) is 3.63. The van der Waals surface area contributed by atoms with E-state index in [0.717, 1.165) is 39.1 Å². The monoisotopic (exact) mass is 219 g/mol. The van der Waals surface area contributed by atoms with Gasteiger partial charge >= 0.3 is 88.3 Å². The van der Waals surface area contributed by atoms with Crippen molar-refractivity contribution in [1.82, 2.24) is 9.80 Å². The van der Waals surface area contributed by atoms with Crippen LogP contribution in [0.15, 0.2) is 0 Å². The fourth-order valence-corrected chi connectivity index (χ4v) is 1.71. The molecular formula is C9H16N2OV. The maximum atomic E-state index is 11.0. The fourth-order valence-electron chi connectivity index (χ4n) is 1.53. The molecule has 73 valence electrons. The molecule has 1 aliphatic heterocycles. The molecule has 3 nitrogen and oxygen atoms in total. The topological polar surface area (TPSA) is 23.6 Å². The van der Waals surface area contributed by atoms with Gasteiger partial charge in [0.1, 0.15) is 0 Å². The van der Waals surface area contributed by atoms with Crippen LogP contribution in [0.4, 0.5) is 0 Å². The van der Waals surface area contributed by atoms with Crippen molar-refractivity contribution in [3.05, 3.63) is 0 Å². The molecule has 0 saturated carbocycles. The second-order valence-corrected chi connectivity index (χ2v) is 3.89. The summed E-state index contributed by atoms with van der Waals surface area (Å²) in [6.45, 7) is 6.62. The summed E-state index contributed by atoms with van der Waals surface area (Å²) in [6, 6.07) is 0. The zero-order chi connectivity index (χ0) is 9.68. The van der Waals surface area contributed by atoms with Crippen molar-refractivity contribution in [1.29, 1.82) is 0 Å². The Morgan fingerprint density at radius 2 is 2.00 bits per heavy atom. The van der Waals surface area contributed by atoms with Crippen LogP contribution in [0.2, 0.25) is 0 Å². The average Bonchev–Trinajstić information content (AvgIpc) is 2.15. The Balaban J connectivity index is 2.22. The summed E-state index contributed by atoms with van der Waals surface area (Å²) in [5.74, 6) is 0.207. The predicted octanol–water partition coefficient (Wildman–Crippen LogP) is -0.110. The molecule has 4 heteroatoms. The number of carbonyl (C=O) groups excluding carboxylic acids is 1. The predicted molar refractivity (Wildman–Crippen MR) is 49.4 cm³/mol. The van der Waals surface area contributed by atoms with Crippen LogP contribution in [0.25, 0.3) is 0 Å². The first-order chi connectivity index (χ1) is 6.24. The average molecular weight is 219 g/mol. The van der Waals surface area contributed by atoms with Crippen molar-refractivity contribution in [2.75, 3.05) is 32.7 Å². The van der Waals surface area contributed by atoms with Gasteiger partial charge in [-0.1, -0.05) is 0 Å². The van der Waals surface area contributed by atoms with Gasteiger partial charge in [-0.15, -0.1) is 0 Å². The summed E-state index contributed by atoms with van der Waals surface area (Å²) in [4.78, 5) is 15.3. The van der Waals surface area contributed by atoms with E-state index in [4.69, 9.17) is 0 Å². The van der Waals surface area contributed by atoms with Crippen molar-refractivity contribution in [3.8, 4) is 0 Å². The molecule has 13 heavy (non-hydrogen) atoms. The van der Waals surface area contributed by atoms with Crippen molar-refractivity contribution in [3.63, 3.8) is 0 Å². The summed E-state index contributed by atoms with van der Waals surface area (Å²) < 4.78 is 2.13. The van der Waals surface area contributed by atoms with E-state index >= 15 is 0 Å². The molecule has 1 saturated heterocycles. The van der Waals surface area contributed by atoms with Gasteiger partial charge in [-0.25, -0.2) is 0 Å². The standard InChI is InChI=1S/C9H16N2O.V/c1-3-4-10-5-7-11(8-6-10)9(2)12;/h1H,3-8H2,2H3;. The van der Waals surface area contributed by atoms with Gasteiger partial charge < -0.3 is 0 Å². The van der Waals surface area contributed by atoms with E-state index < -0.39 is 0 Å². The van der Waals surface area contributed by atoms with Gasteiger partial charge in [0.2, 0.25) is 0 Å². The number of amides is 1. The van der Waals surface area contributed by atoms with Crippen molar-refractivity contribution >= 4 is 10.6 Å². The Bertz CT molecular complexity index is 188. The first kappa shape index (κ1) is 11.0. The van der Waals surface area contributed by atoms with Crippen LogP contribution < -0.4 is 0 Å². The Labute approximate surface area is 88.6 Å². The second kappa shape index (κ2) is 5.58. The number of hydrogen-bond acceptors (Lipinski definition) is 2. The first-order valence-corrected chi connectivity index (χ1v) is 5.48. The summed E-state index contributed by atoms with van der Waals surface area (Å²) in [5.41, 5.74) is 0. The van der Waals surface area contributed by atoms with Gasteiger partial charge in [0.25, 0.3) is 0 Å². The van der Waals surface area contributed by atoms with E-state index in [0.29, 0.717) is 0 Å². The molecule has 0 N–H and O–H groups in total. The molecule has 0 aliphatic carbocycles. The van der Waals surface area contributed by atoms with Crippen molar-refractivity contribution in [2.45, 2.75) is 13.3 Å². The quantitative estimate of drug-likeness (QED) is 0.661. The normalized spacial score (nSPS) is 18.6. The molecule has 0 spiro atoms. The Morgan fingerprint density at radius 1 is 1.38 bits per heavy atom. The molecule has 0 aromatic carbocycles. The summed E-state index contributed by atoms with van der Waals surface area (Å²) in [7, 11) is 0. The minimum atomic E-state index is 0.207. The van der Waals surface area contributed by atoms with E-state index in [1.807, 2.05) is 4.90 Å². The number of nitrogens with zero attached hydrogens (tertiary/aromatic N) is 2. The van der Waals surface area contributed by atoms with E-state index in [9.17, 15) is 4.79 Å². The zero-order valence-corrected chi connectivity index (χ0v) is 9.47. The van der Waals surface area contributed by atoms with Crippen LogP contribution >= 0.6 is 0 Å². The van der Waals surface area contributed by atoms with Crippen LogP contribution in [0.1, 0.15) is 13.3 Å². The van der Waals surface area contributed by atoms with Crippen LogP contribution in [0.5, 0.6) is 0 Å². The van der Waals surface area contributed by atoms with Crippen LogP contribution in [0.3, 0.4) is 0 Å². The number of piperazine rings is 1. The zero-order valence-electron chi connectivity index (χ0n) is 8.07. The third-order valence-electron chi connectivity index (χ3n) is 2.39. The van der Waals surface area contributed by atoms with E-state index in [1.54, 1.807) is 6.92 Å². The Morgan fingerprint density at radius 3 is 2.46 bits per heavy atom. The van der Waals surface area contributed by atoms with Crippen LogP contribution in [0, 0.1) is 0 Å². The number of carbonyl (C=O) groups is 1. The molecule has 0 bridgehead atoms. The van der Waals surface area contributed by atoms with Gasteiger partial charge in [0, 0.05) is 0 Å². The fraction of sp³-hybridized carbons (Fsp3) is 0.778. The molecule has 0 radical (unpaired) electrons.